The lowest BCUT2D eigenvalue weighted by Crippen LogP contribution is -2.23. The molecule has 0 radical (unpaired) electrons. The summed E-state index contributed by atoms with van der Waals surface area (Å²) in [5.74, 6) is 7.28. The summed E-state index contributed by atoms with van der Waals surface area (Å²) in [6, 6.07) is 0. The van der Waals surface area contributed by atoms with E-state index in [9.17, 15) is 0 Å². The largest absolute Gasteiger partial charge is 0.0996 e. The fourth-order valence-electron chi connectivity index (χ4n) is 8.70. The Morgan fingerprint density at radius 2 is 1.48 bits per heavy atom. The van der Waals surface area contributed by atoms with Gasteiger partial charge in [0, 0.05) is 0 Å². The third kappa shape index (κ3) is 2.68. The smallest absolute Gasteiger partial charge is 0.0172 e. The molecule has 0 aromatic carbocycles. The molecule has 0 N–H and O–H groups in total. The van der Waals surface area contributed by atoms with Crippen molar-refractivity contribution in [2.45, 2.75) is 96.8 Å². The van der Waals surface area contributed by atoms with Gasteiger partial charge in [0.05, 0.1) is 0 Å². The lowest BCUT2D eigenvalue weighted by Gasteiger charge is -2.32. The Bertz CT molecular complexity index is 506. The van der Waals surface area contributed by atoms with Crippen molar-refractivity contribution < 1.29 is 0 Å². The third-order valence-corrected chi connectivity index (χ3v) is 10.1. The Labute approximate surface area is 156 Å². The highest BCUT2D eigenvalue weighted by molar-refractivity contribution is 5.22. The first kappa shape index (κ1) is 16.9. The standard InChI is InChI=1S/C25H40/c1-17-13-14-23-24(25(23,2)20-11-7-4-8-12-20)22-16-19(15-21(17)22)18-9-5-3-6-10-18/h18-24H,1,3-16H2,2H3. The van der Waals surface area contributed by atoms with Crippen LogP contribution >= 0.6 is 0 Å². The number of allylic oxidation sites excluding steroid dienone is 1. The van der Waals surface area contributed by atoms with E-state index >= 15 is 0 Å². The molecule has 0 aromatic heterocycles. The van der Waals surface area contributed by atoms with Crippen LogP contribution in [0.3, 0.4) is 0 Å². The summed E-state index contributed by atoms with van der Waals surface area (Å²) in [4.78, 5) is 0. The molecular formula is C25H40. The van der Waals surface area contributed by atoms with Gasteiger partial charge in [0.2, 0.25) is 0 Å². The van der Waals surface area contributed by atoms with E-state index in [1.807, 2.05) is 0 Å². The Balaban J connectivity index is 1.35. The van der Waals surface area contributed by atoms with E-state index in [0.29, 0.717) is 0 Å². The SMILES string of the molecule is C=C1CCC2C(C3CC(C4CCCCC4)CC13)C2(C)C1CCCCC1. The Morgan fingerprint density at radius 3 is 2.20 bits per heavy atom. The van der Waals surface area contributed by atoms with Crippen LogP contribution < -0.4 is 0 Å². The van der Waals surface area contributed by atoms with Crippen LogP contribution in [0.25, 0.3) is 0 Å². The van der Waals surface area contributed by atoms with Crippen LogP contribution in [0, 0.1) is 46.8 Å². The molecule has 0 aliphatic heterocycles. The number of rotatable bonds is 2. The van der Waals surface area contributed by atoms with E-state index in [1.54, 1.807) is 37.7 Å². The molecule has 0 spiro atoms. The van der Waals surface area contributed by atoms with Crippen molar-refractivity contribution in [3.63, 3.8) is 0 Å². The van der Waals surface area contributed by atoms with E-state index < -0.39 is 0 Å². The van der Waals surface area contributed by atoms with E-state index in [-0.39, 0.29) is 0 Å². The molecule has 6 atom stereocenters. The summed E-state index contributed by atoms with van der Waals surface area (Å²) in [6.45, 7) is 7.35. The first-order chi connectivity index (χ1) is 12.2. The minimum Gasteiger partial charge on any atom is -0.0996 e. The molecule has 5 fully saturated rings. The predicted molar refractivity (Wildman–Crippen MR) is 106 cm³/mol. The van der Waals surface area contributed by atoms with Gasteiger partial charge in [-0.1, -0.05) is 70.4 Å². The summed E-state index contributed by atoms with van der Waals surface area (Å²) in [6.07, 6.45) is 21.2. The number of hydrogen-bond donors (Lipinski definition) is 0. The Morgan fingerprint density at radius 1 is 0.800 bits per heavy atom. The van der Waals surface area contributed by atoms with Crippen molar-refractivity contribution in [1.82, 2.24) is 0 Å². The van der Waals surface area contributed by atoms with Gasteiger partial charge in [-0.05, 0) is 85.4 Å². The van der Waals surface area contributed by atoms with Crippen molar-refractivity contribution in [2.24, 2.45) is 46.8 Å². The molecule has 140 valence electrons. The van der Waals surface area contributed by atoms with E-state index in [0.717, 1.165) is 46.8 Å². The van der Waals surface area contributed by atoms with Crippen LogP contribution in [0.5, 0.6) is 0 Å². The number of hydrogen-bond acceptors (Lipinski definition) is 0. The van der Waals surface area contributed by atoms with Gasteiger partial charge in [-0.25, -0.2) is 0 Å². The van der Waals surface area contributed by atoms with E-state index in [2.05, 4.69) is 13.5 Å². The van der Waals surface area contributed by atoms with Crippen molar-refractivity contribution in [3.8, 4) is 0 Å². The zero-order valence-corrected chi connectivity index (χ0v) is 16.6. The fourth-order valence-corrected chi connectivity index (χ4v) is 8.70. The van der Waals surface area contributed by atoms with Crippen molar-refractivity contribution >= 4 is 0 Å². The van der Waals surface area contributed by atoms with Crippen molar-refractivity contribution in [1.29, 1.82) is 0 Å². The molecule has 0 amide bonds. The molecule has 0 heteroatoms. The molecular weight excluding hydrogens is 300 g/mol. The summed E-state index contributed by atoms with van der Waals surface area (Å²) in [5.41, 5.74) is 2.40. The maximum Gasteiger partial charge on any atom is -0.0172 e. The fraction of sp³-hybridized carbons (Fsp3) is 0.920. The molecule has 5 aliphatic rings. The highest BCUT2D eigenvalue weighted by atomic mass is 14.7. The monoisotopic (exact) mass is 340 g/mol. The average molecular weight is 341 g/mol. The van der Waals surface area contributed by atoms with Gasteiger partial charge in [-0.3, -0.25) is 0 Å². The maximum atomic E-state index is 4.61. The Hall–Kier alpha value is -0.260. The van der Waals surface area contributed by atoms with Crippen molar-refractivity contribution in [2.75, 3.05) is 0 Å². The molecule has 0 bridgehead atoms. The molecule has 0 nitrogen and oxygen atoms in total. The van der Waals surface area contributed by atoms with E-state index in [1.165, 1.54) is 57.8 Å². The highest BCUT2D eigenvalue weighted by Crippen LogP contribution is 2.74. The van der Waals surface area contributed by atoms with Crippen LogP contribution in [0.1, 0.15) is 96.8 Å². The van der Waals surface area contributed by atoms with Gasteiger partial charge in [-0.15, -0.1) is 0 Å². The van der Waals surface area contributed by atoms with Gasteiger partial charge in [-0.2, -0.15) is 0 Å². The second kappa shape index (κ2) is 6.42. The molecule has 5 aliphatic carbocycles. The summed E-state index contributed by atoms with van der Waals surface area (Å²) < 4.78 is 0. The van der Waals surface area contributed by atoms with Gasteiger partial charge < -0.3 is 0 Å². The summed E-state index contributed by atoms with van der Waals surface area (Å²) >= 11 is 0. The topological polar surface area (TPSA) is 0 Å². The lowest BCUT2D eigenvalue weighted by molar-refractivity contribution is 0.186. The zero-order valence-electron chi connectivity index (χ0n) is 16.6. The normalized spacial score (nSPS) is 48.7. The first-order valence-electron chi connectivity index (χ1n) is 11.9. The van der Waals surface area contributed by atoms with Crippen LogP contribution in [0.15, 0.2) is 12.2 Å². The lowest BCUT2D eigenvalue weighted by atomic mass is 9.72. The quantitative estimate of drug-likeness (QED) is 0.460. The van der Waals surface area contributed by atoms with Gasteiger partial charge in [0.15, 0.2) is 0 Å². The molecule has 5 saturated carbocycles. The van der Waals surface area contributed by atoms with Gasteiger partial charge >= 0.3 is 0 Å². The molecule has 5 rings (SSSR count). The van der Waals surface area contributed by atoms with Crippen molar-refractivity contribution in [3.05, 3.63) is 12.2 Å². The van der Waals surface area contributed by atoms with Crippen LogP contribution in [0.2, 0.25) is 0 Å². The number of fused-ring (bicyclic) bond motifs is 3. The van der Waals surface area contributed by atoms with Crippen LogP contribution in [-0.2, 0) is 0 Å². The molecule has 0 aromatic rings. The summed E-state index contributed by atoms with van der Waals surface area (Å²) in [5, 5.41) is 0. The average Bonchev–Trinajstić information content (AvgIpc) is 3.08. The third-order valence-electron chi connectivity index (χ3n) is 10.1. The predicted octanol–water partition coefficient (Wildman–Crippen LogP) is 7.39. The zero-order chi connectivity index (χ0) is 17.0. The second-order valence-corrected chi connectivity index (χ2v) is 10.9. The molecule has 6 unspecified atom stereocenters. The first-order valence-corrected chi connectivity index (χ1v) is 11.9. The Kier molecular flexibility index (Phi) is 4.33. The van der Waals surface area contributed by atoms with Crippen LogP contribution in [0.4, 0.5) is 0 Å². The highest BCUT2D eigenvalue weighted by Gasteiger charge is 2.68. The molecule has 25 heavy (non-hydrogen) atoms. The minimum atomic E-state index is 0.728. The second-order valence-electron chi connectivity index (χ2n) is 10.9. The van der Waals surface area contributed by atoms with Crippen LogP contribution in [-0.4, -0.2) is 0 Å². The van der Waals surface area contributed by atoms with Gasteiger partial charge in [0.1, 0.15) is 0 Å². The van der Waals surface area contributed by atoms with E-state index in [4.69, 9.17) is 0 Å². The molecule has 0 heterocycles. The molecule has 0 saturated heterocycles. The van der Waals surface area contributed by atoms with Gasteiger partial charge in [0.25, 0.3) is 0 Å². The minimum absolute atomic E-state index is 0.728. The summed E-state index contributed by atoms with van der Waals surface area (Å²) in [7, 11) is 0. The maximum absolute atomic E-state index is 4.61.